The van der Waals surface area contributed by atoms with E-state index in [2.05, 4.69) is 18.9 Å². The molecule has 1 aromatic rings. The first-order valence-electron chi connectivity index (χ1n) is 7.81. The Labute approximate surface area is 143 Å². The van der Waals surface area contributed by atoms with Crippen LogP contribution in [0.2, 0.25) is 5.02 Å². The molecule has 23 heavy (non-hydrogen) atoms. The molecule has 1 unspecified atom stereocenters. The van der Waals surface area contributed by atoms with Crippen molar-refractivity contribution in [2.75, 3.05) is 52.2 Å². The molecular weight excluding hydrogens is 314 g/mol. The molecule has 126 valence electrons. The number of carbonyl (C=O) groups excluding carboxylic acids is 1. The number of urea groups is 1. The number of anilines is 1. The summed E-state index contributed by atoms with van der Waals surface area (Å²) in [6.45, 7) is 8.21. The molecule has 1 aliphatic rings. The standard InChI is InChI=1S/C17H24ClN3O2/c1-4-10-21(2)11-5-8-20(9-12-21)17(22)19-15-13-14(18)6-7-16(15)23-3/h4,6-7,13H,1,5,8-12H2,2-3H3/p+1. The summed E-state index contributed by atoms with van der Waals surface area (Å²) in [6.07, 6.45) is 2.93. The van der Waals surface area contributed by atoms with Gasteiger partial charge in [0.05, 0.1) is 46.0 Å². The van der Waals surface area contributed by atoms with Gasteiger partial charge in [0.2, 0.25) is 0 Å². The predicted molar refractivity (Wildman–Crippen MR) is 94.2 cm³/mol. The van der Waals surface area contributed by atoms with E-state index in [1.54, 1.807) is 25.3 Å². The molecule has 0 saturated carbocycles. The third-order valence-corrected chi connectivity index (χ3v) is 4.53. The number of likely N-dealkylation sites (N-methyl/N-ethyl adjacent to an activating group) is 1. The van der Waals surface area contributed by atoms with Crippen molar-refractivity contribution in [3.05, 3.63) is 35.9 Å². The van der Waals surface area contributed by atoms with E-state index in [1.165, 1.54) is 0 Å². The molecule has 1 heterocycles. The number of methoxy groups -OCH3 is 1. The van der Waals surface area contributed by atoms with Crippen molar-refractivity contribution in [2.24, 2.45) is 0 Å². The fourth-order valence-electron chi connectivity index (χ4n) is 2.90. The summed E-state index contributed by atoms with van der Waals surface area (Å²) in [5.74, 6) is 0.602. The number of nitrogens with zero attached hydrogens (tertiary/aromatic N) is 2. The first kappa shape index (κ1) is 17.6. The van der Waals surface area contributed by atoms with E-state index < -0.39 is 0 Å². The number of benzene rings is 1. The van der Waals surface area contributed by atoms with Gasteiger partial charge in [-0.1, -0.05) is 18.2 Å². The highest BCUT2D eigenvalue weighted by Crippen LogP contribution is 2.28. The van der Waals surface area contributed by atoms with Gasteiger partial charge in [-0.05, 0) is 24.3 Å². The van der Waals surface area contributed by atoms with Crippen LogP contribution in [-0.2, 0) is 0 Å². The van der Waals surface area contributed by atoms with Crippen molar-refractivity contribution in [3.8, 4) is 5.75 Å². The van der Waals surface area contributed by atoms with Crippen molar-refractivity contribution in [2.45, 2.75) is 6.42 Å². The van der Waals surface area contributed by atoms with Crippen molar-refractivity contribution < 1.29 is 14.0 Å². The second-order valence-electron chi connectivity index (χ2n) is 6.15. The van der Waals surface area contributed by atoms with Crippen LogP contribution in [0.1, 0.15) is 6.42 Å². The fraction of sp³-hybridized carbons (Fsp3) is 0.471. The second-order valence-corrected chi connectivity index (χ2v) is 6.59. The van der Waals surface area contributed by atoms with Crippen LogP contribution in [-0.4, -0.2) is 62.3 Å². The van der Waals surface area contributed by atoms with Gasteiger partial charge in [0.1, 0.15) is 5.75 Å². The molecule has 2 rings (SSSR count). The number of amides is 2. The van der Waals surface area contributed by atoms with Crippen LogP contribution in [0.15, 0.2) is 30.9 Å². The fourth-order valence-corrected chi connectivity index (χ4v) is 3.07. The molecule has 1 saturated heterocycles. The lowest BCUT2D eigenvalue weighted by Crippen LogP contribution is -2.47. The van der Waals surface area contributed by atoms with Crippen LogP contribution in [0.3, 0.4) is 0 Å². The van der Waals surface area contributed by atoms with Gasteiger partial charge in [0.25, 0.3) is 0 Å². The van der Waals surface area contributed by atoms with Gasteiger partial charge in [0, 0.05) is 18.0 Å². The first-order chi connectivity index (χ1) is 11.0. The summed E-state index contributed by atoms with van der Waals surface area (Å²) in [5.41, 5.74) is 0.595. The lowest BCUT2D eigenvalue weighted by atomic mass is 10.3. The molecule has 1 aromatic carbocycles. The zero-order chi connectivity index (χ0) is 16.9. The minimum atomic E-state index is -0.113. The maximum absolute atomic E-state index is 12.6. The number of hydrogen-bond acceptors (Lipinski definition) is 2. The molecule has 1 fully saturated rings. The molecule has 0 radical (unpaired) electrons. The van der Waals surface area contributed by atoms with Gasteiger partial charge < -0.3 is 19.4 Å². The largest absolute Gasteiger partial charge is 0.495 e. The molecule has 1 aliphatic heterocycles. The zero-order valence-electron chi connectivity index (χ0n) is 13.8. The van der Waals surface area contributed by atoms with E-state index in [1.807, 2.05) is 11.0 Å². The average molecular weight is 339 g/mol. The van der Waals surface area contributed by atoms with Crippen LogP contribution in [0.5, 0.6) is 5.75 Å². The van der Waals surface area contributed by atoms with Gasteiger partial charge >= 0.3 is 6.03 Å². The third-order valence-electron chi connectivity index (χ3n) is 4.30. The minimum absolute atomic E-state index is 0.113. The Morgan fingerprint density at radius 3 is 2.96 bits per heavy atom. The van der Waals surface area contributed by atoms with Gasteiger partial charge in [-0.3, -0.25) is 0 Å². The number of rotatable bonds is 4. The van der Waals surface area contributed by atoms with Gasteiger partial charge in [-0.15, -0.1) is 0 Å². The number of carbonyl (C=O) groups is 1. The monoisotopic (exact) mass is 338 g/mol. The predicted octanol–water partition coefficient (Wildman–Crippen LogP) is 3.22. The smallest absolute Gasteiger partial charge is 0.322 e. The highest BCUT2D eigenvalue weighted by atomic mass is 35.5. The summed E-state index contributed by atoms with van der Waals surface area (Å²) >= 11 is 6.01. The topological polar surface area (TPSA) is 41.6 Å². The Kier molecular flexibility index (Phi) is 5.91. The first-order valence-corrected chi connectivity index (χ1v) is 8.19. The Balaban J connectivity index is 2.04. The van der Waals surface area contributed by atoms with E-state index in [-0.39, 0.29) is 6.03 Å². The number of hydrogen-bond donors (Lipinski definition) is 1. The maximum Gasteiger partial charge on any atom is 0.322 e. The Hall–Kier alpha value is -1.72. The van der Waals surface area contributed by atoms with Gasteiger partial charge in [-0.2, -0.15) is 0 Å². The average Bonchev–Trinajstić information content (AvgIpc) is 2.70. The molecule has 0 spiro atoms. The Morgan fingerprint density at radius 1 is 1.48 bits per heavy atom. The molecule has 2 amide bonds. The van der Waals surface area contributed by atoms with Crippen LogP contribution in [0, 0.1) is 0 Å². The summed E-state index contributed by atoms with van der Waals surface area (Å²) in [6, 6.07) is 5.07. The number of halogens is 1. The third kappa shape index (κ3) is 4.62. The Bertz CT molecular complexity index is 579. The van der Waals surface area contributed by atoms with Gasteiger partial charge in [0.15, 0.2) is 0 Å². The summed E-state index contributed by atoms with van der Waals surface area (Å²) in [4.78, 5) is 14.4. The number of quaternary nitrogens is 1. The molecular formula is C17H25ClN3O2+. The normalized spacial score (nSPS) is 21.4. The zero-order valence-corrected chi connectivity index (χ0v) is 14.6. The van der Waals surface area contributed by atoms with Crippen LogP contribution in [0.25, 0.3) is 0 Å². The second kappa shape index (κ2) is 7.70. The van der Waals surface area contributed by atoms with Crippen LogP contribution >= 0.6 is 11.6 Å². The lowest BCUT2D eigenvalue weighted by molar-refractivity contribution is -0.901. The van der Waals surface area contributed by atoms with Crippen LogP contribution < -0.4 is 10.1 Å². The van der Waals surface area contributed by atoms with E-state index in [9.17, 15) is 4.79 Å². The Morgan fingerprint density at radius 2 is 2.26 bits per heavy atom. The molecule has 1 atom stereocenters. The maximum atomic E-state index is 12.6. The van der Waals surface area contributed by atoms with Crippen molar-refractivity contribution in [1.82, 2.24) is 4.90 Å². The molecule has 0 aromatic heterocycles. The van der Waals surface area contributed by atoms with Crippen LogP contribution in [0.4, 0.5) is 10.5 Å². The quantitative estimate of drug-likeness (QED) is 0.676. The van der Waals surface area contributed by atoms with Crippen molar-refractivity contribution >= 4 is 23.3 Å². The number of ether oxygens (including phenoxy) is 1. The lowest BCUT2D eigenvalue weighted by Gasteiger charge is -2.32. The molecule has 6 heteroatoms. The molecule has 0 bridgehead atoms. The molecule has 5 nitrogen and oxygen atoms in total. The van der Waals surface area contributed by atoms with E-state index >= 15 is 0 Å². The van der Waals surface area contributed by atoms with Crippen molar-refractivity contribution in [1.29, 1.82) is 0 Å². The summed E-state index contributed by atoms with van der Waals surface area (Å²) in [7, 11) is 3.78. The highest BCUT2D eigenvalue weighted by Gasteiger charge is 2.27. The minimum Gasteiger partial charge on any atom is -0.495 e. The summed E-state index contributed by atoms with van der Waals surface area (Å²) < 4.78 is 6.20. The highest BCUT2D eigenvalue weighted by molar-refractivity contribution is 6.31. The van der Waals surface area contributed by atoms with Crippen molar-refractivity contribution in [3.63, 3.8) is 0 Å². The molecule has 1 N–H and O–H groups in total. The van der Waals surface area contributed by atoms with Gasteiger partial charge in [-0.25, -0.2) is 4.79 Å². The summed E-state index contributed by atoms with van der Waals surface area (Å²) in [5, 5.41) is 3.47. The molecule has 0 aliphatic carbocycles. The number of nitrogens with one attached hydrogen (secondary N) is 1. The van der Waals surface area contributed by atoms with E-state index in [0.29, 0.717) is 16.5 Å². The van der Waals surface area contributed by atoms with E-state index in [4.69, 9.17) is 16.3 Å². The van der Waals surface area contributed by atoms with E-state index in [0.717, 1.165) is 43.6 Å². The SMILES string of the molecule is C=CC[N+]1(C)CCCN(C(=O)Nc2cc(Cl)ccc2OC)CC1.